The maximum Gasteiger partial charge on any atom is 0.216 e. The number of hydrogen-bond donors (Lipinski definition) is 1. The van der Waals surface area contributed by atoms with Gasteiger partial charge in [-0.3, -0.25) is 0 Å². The van der Waals surface area contributed by atoms with Crippen LogP contribution in [-0.2, 0) is 14.8 Å². The van der Waals surface area contributed by atoms with E-state index in [2.05, 4.69) is 0 Å². The Labute approximate surface area is 122 Å². The van der Waals surface area contributed by atoms with Crippen molar-refractivity contribution in [3.8, 4) is 0 Å². The summed E-state index contributed by atoms with van der Waals surface area (Å²) in [5.41, 5.74) is 6.11. The quantitative estimate of drug-likeness (QED) is 0.834. The molecule has 1 heterocycles. The van der Waals surface area contributed by atoms with Crippen LogP contribution in [0.25, 0.3) is 0 Å². The van der Waals surface area contributed by atoms with E-state index in [-0.39, 0.29) is 30.3 Å². The number of sulfonamides is 1. The van der Waals surface area contributed by atoms with Gasteiger partial charge in [0.25, 0.3) is 0 Å². The van der Waals surface area contributed by atoms with Gasteiger partial charge in [0.05, 0.1) is 11.9 Å². The fourth-order valence-electron chi connectivity index (χ4n) is 3.17. The van der Waals surface area contributed by atoms with Gasteiger partial charge in [-0.1, -0.05) is 6.42 Å². The summed E-state index contributed by atoms with van der Waals surface area (Å²) in [4.78, 5) is 0. The smallest absolute Gasteiger partial charge is 0.216 e. The predicted octanol–water partition coefficient (Wildman–Crippen LogP) is 0.832. The van der Waals surface area contributed by atoms with Gasteiger partial charge in [0.2, 0.25) is 10.0 Å². The zero-order valence-electron chi connectivity index (χ0n) is 11.6. The molecular formula is C12H25ClN2O3S. The highest BCUT2D eigenvalue weighted by molar-refractivity contribution is 7.89. The van der Waals surface area contributed by atoms with Crippen molar-refractivity contribution in [1.82, 2.24) is 4.31 Å². The van der Waals surface area contributed by atoms with Gasteiger partial charge in [0.15, 0.2) is 0 Å². The van der Waals surface area contributed by atoms with E-state index < -0.39 is 10.0 Å². The lowest BCUT2D eigenvalue weighted by atomic mass is 9.78. The van der Waals surface area contributed by atoms with Crippen LogP contribution in [0.2, 0.25) is 0 Å². The second kappa shape index (κ2) is 6.72. The lowest BCUT2D eigenvalue weighted by Gasteiger charge is -2.29. The highest BCUT2D eigenvalue weighted by Crippen LogP contribution is 2.36. The molecule has 4 unspecified atom stereocenters. The van der Waals surface area contributed by atoms with Crippen LogP contribution in [0, 0.1) is 11.8 Å². The standard InChI is InChI=1S/C12H24N2O3S.ClH/c1-9(17-2)8-18(15,16)14-6-10-4-3-5-12(13)11(10)7-14;/h9-12H,3-8,13H2,1-2H3;1H. The first-order valence-corrected chi connectivity index (χ1v) is 8.31. The molecule has 2 aliphatic rings. The van der Waals surface area contributed by atoms with Crippen molar-refractivity contribution in [2.24, 2.45) is 17.6 Å². The molecule has 0 aromatic heterocycles. The topological polar surface area (TPSA) is 72.6 Å². The zero-order chi connectivity index (χ0) is 13.3. The van der Waals surface area contributed by atoms with Crippen molar-refractivity contribution in [2.75, 3.05) is 26.0 Å². The van der Waals surface area contributed by atoms with Crippen LogP contribution in [0.3, 0.4) is 0 Å². The fourth-order valence-corrected chi connectivity index (χ4v) is 4.93. The second-order valence-corrected chi connectivity index (χ2v) is 7.67. The summed E-state index contributed by atoms with van der Waals surface area (Å²) in [6.45, 7) is 3.04. The van der Waals surface area contributed by atoms with Crippen LogP contribution >= 0.6 is 12.4 Å². The van der Waals surface area contributed by atoms with Crippen molar-refractivity contribution < 1.29 is 13.2 Å². The molecule has 0 radical (unpaired) electrons. The van der Waals surface area contributed by atoms with Gasteiger partial charge >= 0.3 is 0 Å². The maximum atomic E-state index is 12.3. The summed E-state index contributed by atoms with van der Waals surface area (Å²) in [7, 11) is -1.66. The molecule has 1 aliphatic heterocycles. The first-order valence-electron chi connectivity index (χ1n) is 6.70. The number of ether oxygens (including phenoxy) is 1. The summed E-state index contributed by atoms with van der Waals surface area (Å²) < 4.78 is 31.2. The fraction of sp³-hybridized carbons (Fsp3) is 1.00. The average molecular weight is 313 g/mol. The summed E-state index contributed by atoms with van der Waals surface area (Å²) in [5.74, 6) is 0.880. The van der Waals surface area contributed by atoms with Gasteiger partial charge in [-0.2, -0.15) is 0 Å². The summed E-state index contributed by atoms with van der Waals surface area (Å²) in [5, 5.41) is 0. The minimum atomic E-state index is -3.20. The van der Waals surface area contributed by atoms with E-state index in [1.165, 1.54) is 0 Å². The van der Waals surface area contributed by atoms with Crippen molar-refractivity contribution in [1.29, 1.82) is 0 Å². The molecule has 2 rings (SSSR count). The first kappa shape index (κ1) is 17.2. The minimum Gasteiger partial charge on any atom is -0.381 e. The highest BCUT2D eigenvalue weighted by Gasteiger charge is 2.42. The van der Waals surface area contributed by atoms with Gasteiger partial charge in [-0.25, -0.2) is 12.7 Å². The summed E-state index contributed by atoms with van der Waals surface area (Å²) in [6, 6.07) is 0.170. The third-order valence-electron chi connectivity index (χ3n) is 4.36. The minimum absolute atomic E-state index is 0. The lowest BCUT2D eigenvalue weighted by molar-refractivity contribution is 0.135. The normalized spacial score (nSPS) is 33.5. The van der Waals surface area contributed by atoms with E-state index in [4.69, 9.17) is 10.5 Å². The zero-order valence-corrected chi connectivity index (χ0v) is 13.3. The number of methoxy groups -OCH3 is 1. The second-order valence-electron chi connectivity index (χ2n) is 5.66. The predicted molar refractivity (Wildman–Crippen MR) is 77.9 cm³/mol. The number of nitrogens with two attached hydrogens (primary N) is 1. The van der Waals surface area contributed by atoms with E-state index in [0.717, 1.165) is 19.3 Å². The van der Waals surface area contributed by atoms with E-state index in [1.807, 2.05) is 0 Å². The van der Waals surface area contributed by atoms with Gasteiger partial charge in [-0.05, 0) is 31.6 Å². The van der Waals surface area contributed by atoms with Gasteiger partial charge in [0.1, 0.15) is 0 Å². The monoisotopic (exact) mass is 312 g/mol. The molecule has 1 saturated carbocycles. The van der Waals surface area contributed by atoms with Crippen molar-refractivity contribution in [3.05, 3.63) is 0 Å². The number of hydrogen-bond acceptors (Lipinski definition) is 4. The molecule has 19 heavy (non-hydrogen) atoms. The Morgan fingerprint density at radius 1 is 1.37 bits per heavy atom. The summed E-state index contributed by atoms with van der Waals surface area (Å²) in [6.07, 6.45) is 3.02. The Balaban J connectivity index is 0.00000180. The lowest BCUT2D eigenvalue weighted by Crippen LogP contribution is -2.39. The molecule has 7 heteroatoms. The van der Waals surface area contributed by atoms with Gasteiger partial charge in [-0.15, -0.1) is 12.4 Å². The molecule has 2 N–H and O–H groups in total. The molecule has 0 spiro atoms. The van der Waals surface area contributed by atoms with E-state index in [9.17, 15) is 8.42 Å². The molecule has 4 atom stereocenters. The molecule has 0 bridgehead atoms. The van der Waals surface area contributed by atoms with Crippen molar-refractivity contribution >= 4 is 22.4 Å². The molecule has 2 fully saturated rings. The molecule has 0 amide bonds. The maximum absolute atomic E-state index is 12.3. The average Bonchev–Trinajstić information content (AvgIpc) is 2.74. The Morgan fingerprint density at radius 2 is 2.05 bits per heavy atom. The van der Waals surface area contributed by atoms with E-state index in [0.29, 0.717) is 24.9 Å². The van der Waals surface area contributed by atoms with Crippen LogP contribution in [0.1, 0.15) is 26.2 Å². The van der Waals surface area contributed by atoms with Crippen LogP contribution in [0.15, 0.2) is 0 Å². The van der Waals surface area contributed by atoms with Crippen molar-refractivity contribution in [3.63, 3.8) is 0 Å². The molecule has 114 valence electrons. The number of fused-ring (bicyclic) bond motifs is 1. The SMILES string of the molecule is COC(C)CS(=O)(=O)N1CC2CCCC(N)C2C1.Cl. The molecule has 1 aliphatic carbocycles. The molecule has 0 aromatic rings. The van der Waals surface area contributed by atoms with Crippen LogP contribution in [0.4, 0.5) is 0 Å². The van der Waals surface area contributed by atoms with E-state index >= 15 is 0 Å². The number of nitrogens with zero attached hydrogens (tertiary/aromatic N) is 1. The van der Waals surface area contributed by atoms with Crippen LogP contribution in [-0.4, -0.2) is 50.8 Å². The Bertz CT molecular complexity index is 390. The number of rotatable bonds is 4. The molecule has 5 nitrogen and oxygen atoms in total. The third-order valence-corrected chi connectivity index (χ3v) is 6.34. The Kier molecular flexibility index (Phi) is 6.07. The third kappa shape index (κ3) is 3.82. The van der Waals surface area contributed by atoms with Gasteiger partial charge in [0, 0.05) is 26.2 Å². The molecule has 1 saturated heterocycles. The highest BCUT2D eigenvalue weighted by atomic mass is 35.5. The Morgan fingerprint density at radius 3 is 2.63 bits per heavy atom. The van der Waals surface area contributed by atoms with Crippen LogP contribution in [0.5, 0.6) is 0 Å². The summed E-state index contributed by atoms with van der Waals surface area (Å²) >= 11 is 0. The largest absolute Gasteiger partial charge is 0.381 e. The van der Waals surface area contributed by atoms with Gasteiger partial charge < -0.3 is 10.5 Å². The Hall–Kier alpha value is 0.120. The first-order chi connectivity index (χ1) is 8.44. The molecular weight excluding hydrogens is 288 g/mol. The number of halogens is 1. The molecule has 0 aromatic carbocycles. The van der Waals surface area contributed by atoms with E-state index in [1.54, 1.807) is 18.3 Å². The van der Waals surface area contributed by atoms with Crippen LogP contribution < -0.4 is 5.73 Å². The van der Waals surface area contributed by atoms with Crippen molar-refractivity contribution in [2.45, 2.75) is 38.3 Å².